The molecule has 0 saturated heterocycles. The van der Waals surface area contributed by atoms with Gasteiger partial charge in [0.1, 0.15) is 12.1 Å². The Kier molecular flexibility index (Phi) is 12.4. The van der Waals surface area contributed by atoms with Gasteiger partial charge in [0.2, 0.25) is 0 Å². The van der Waals surface area contributed by atoms with Gasteiger partial charge < -0.3 is 34.1 Å². The van der Waals surface area contributed by atoms with Crippen LogP contribution in [0, 0.1) is 5.92 Å². The second kappa shape index (κ2) is 14.7. The molecule has 0 saturated carbocycles. The van der Waals surface area contributed by atoms with Crippen LogP contribution in [0.15, 0.2) is 18.2 Å². The summed E-state index contributed by atoms with van der Waals surface area (Å²) in [5, 5.41) is 12.5. The summed E-state index contributed by atoms with van der Waals surface area (Å²) in [6.07, 6.45) is -2.26. The van der Waals surface area contributed by atoms with E-state index in [0.717, 1.165) is 0 Å². The van der Waals surface area contributed by atoms with Gasteiger partial charge in [-0.3, -0.25) is 9.59 Å². The molecule has 0 radical (unpaired) electrons. The number of esters is 1. The van der Waals surface area contributed by atoms with Gasteiger partial charge in [-0.15, -0.1) is 0 Å². The van der Waals surface area contributed by atoms with Crippen LogP contribution < -0.4 is 14.8 Å². The quantitative estimate of drug-likeness (QED) is 0.242. The van der Waals surface area contributed by atoms with Crippen LogP contribution in [0.25, 0.3) is 0 Å². The van der Waals surface area contributed by atoms with E-state index >= 15 is 0 Å². The molecule has 0 heterocycles. The number of benzene rings is 1. The molecule has 11 nitrogen and oxygen atoms in total. The van der Waals surface area contributed by atoms with Crippen molar-refractivity contribution >= 4 is 24.2 Å². The first-order valence-corrected chi connectivity index (χ1v) is 11.0. The maximum Gasteiger partial charge on any atom is 0.513 e. The smallest absolute Gasteiger partial charge is 0.480 e. The zero-order valence-electron chi connectivity index (χ0n) is 20.1. The number of hydrogen-bond acceptors (Lipinski definition) is 10. The van der Waals surface area contributed by atoms with E-state index < -0.39 is 30.4 Å². The normalized spacial score (nSPS) is 12.4. The van der Waals surface area contributed by atoms with E-state index in [1.807, 2.05) is 13.8 Å². The van der Waals surface area contributed by atoms with E-state index in [-0.39, 0.29) is 56.0 Å². The molecule has 11 heteroatoms. The third-order valence-corrected chi connectivity index (χ3v) is 4.22. The van der Waals surface area contributed by atoms with Crippen LogP contribution in [0.5, 0.6) is 11.5 Å². The number of carbonyl (C=O) groups is 4. The number of carbonyl (C=O) groups excluding carboxylic acids is 3. The summed E-state index contributed by atoms with van der Waals surface area (Å²) >= 11 is 0. The van der Waals surface area contributed by atoms with Crippen molar-refractivity contribution in [3.8, 4) is 11.5 Å². The number of aliphatic carboxylic acids is 1. The van der Waals surface area contributed by atoms with Gasteiger partial charge in [0.15, 0.2) is 11.5 Å². The van der Waals surface area contributed by atoms with E-state index in [1.54, 1.807) is 20.8 Å². The Morgan fingerprint density at radius 3 is 2.06 bits per heavy atom. The van der Waals surface area contributed by atoms with E-state index in [4.69, 9.17) is 23.7 Å². The van der Waals surface area contributed by atoms with E-state index in [0.29, 0.717) is 5.56 Å². The number of carboxylic acid groups (broad SMARTS) is 1. The van der Waals surface area contributed by atoms with Crippen molar-refractivity contribution in [1.82, 2.24) is 5.32 Å². The van der Waals surface area contributed by atoms with Gasteiger partial charge in [-0.1, -0.05) is 19.9 Å². The van der Waals surface area contributed by atoms with Crippen molar-refractivity contribution in [2.24, 2.45) is 5.92 Å². The largest absolute Gasteiger partial charge is 0.513 e. The molecule has 2 N–H and O–H groups in total. The fraction of sp³-hybridized carbons (Fsp3) is 0.565. The highest BCUT2D eigenvalue weighted by Crippen LogP contribution is 2.30. The summed E-state index contributed by atoms with van der Waals surface area (Å²) in [7, 11) is 0. The lowest BCUT2D eigenvalue weighted by Crippen LogP contribution is -2.42. The summed E-state index contributed by atoms with van der Waals surface area (Å²) in [4.78, 5) is 47.0. The molecule has 2 atom stereocenters. The van der Waals surface area contributed by atoms with E-state index in [2.05, 4.69) is 5.32 Å². The van der Waals surface area contributed by atoms with Crippen molar-refractivity contribution < 1.29 is 48.0 Å². The van der Waals surface area contributed by atoms with Gasteiger partial charge >= 0.3 is 24.2 Å². The number of rotatable bonds is 13. The monoisotopic (exact) mass is 483 g/mol. The van der Waals surface area contributed by atoms with Crippen LogP contribution in [0.2, 0.25) is 0 Å². The van der Waals surface area contributed by atoms with Crippen LogP contribution in [-0.4, -0.2) is 61.3 Å². The Balaban J connectivity index is 2.92. The summed E-state index contributed by atoms with van der Waals surface area (Å²) in [6.45, 7) is 8.93. The maximum absolute atomic E-state index is 11.8. The molecule has 0 aliphatic carbocycles. The van der Waals surface area contributed by atoms with Crippen molar-refractivity contribution in [1.29, 1.82) is 0 Å². The fourth-order valence-corrected chi connectivity index (χ4v) is 2.76. The molecule has 0 bridgehead atoms. The van der Waals surface area contributed by atoms with E-state index in [9.17, 15) is 24.3 Å². The predicted molar refractivity (Wildman–Crippen MR) is 120 cm³/mol. The van der Waals surface area contributed by atoms with Crippen molar-refractivity contribution in [3.05, 3.63) is 23.8 Å². The first-order chi connectivity index (χ1) is 16.0. The number of carboxylic acids is 1. The lowest BCUT2D eigenvalue weighted by molar-refractivity contribution is -0.149. The molecule has 1 aromatic rings. The standard InChI is InChI=1S/C23H33NO10/c1-6-30-22(28)33-18-9-8-16(12-19(18)34-23(29)31-7-2)11-17(21(26)27)24-13-15(5)32-20(25)10-14(3)4/h8-9,12,14-15,17,24H,6-7,10-11,13H2,1-5H3,(H,26,27)/t15?,17-/m0/s1. The molecule has 0 aromatic heterocycles. The highest BCUT2D eigenvalue weighted by molar-refractivity contribution is 5.74. The molecule has 1 aromatic carbocycles. The Labute approximate surface area is 198 Å². The molecule has 0 fully saturated rings. The Bertz CT molecular complexity index is 839. The Morgan fingerprint density at radius 2 is 1.53 bits per heavy atom. The summed E-state index contributed by atoms with van der Waals surface area (Å²) in [5.74, 6) is -1.55. The minimum Gasteiger partial charge on any atom is -0.480 e. The Hall–Kier alpha value is -3.34. The number of ether oxygens (including phenoxy) is 5. The molecule has 0 aliphatic rings. The molecule has 0 aliphatic heterocycles. The average molecular weight is 484 g/mol. The minimum absolute atomic E-state index is 0.000859. The van der Waals surface area contributed by atoms with E-state index in [1.165, 1.54) is 18.2 Å². The van der Waals surface area contributed by atoms with Gasteiger partial charge in [0, 0.05) is 13.0 Å². The second-order valence-electron chi connectivity index (χ2n) is 7.75. The van der Waals surface area contributed by atoms with Crippen LogP contribution in [-0.2, 0) is 30.2 Å². The summed E-state index contributed by atoms with van der Waals surface area (Å²) in [5.41, 5.74) is 0.472. The van der Waals surface area contributed by atoms with Gasteiger partial charge in [0.05, 0.1) is 13.2 Å². The second-order valence-corrected chi connectivity index (χ2v) is 7.75. The molecule has 1 rings (SSSR count). The Morgan fingerprint density at radius 1 is 0.941 bits per heavy atom. The molecule has 34 heavy (non-hydrogen) atoms. The van der Waals surface area contributed by atoms with Gasteiger partial charge in [0.25, 0.3) is 0 Å². The van der Waals surface area contributed by atoms with Crippen molar-refractivity contribution in [2.45, 2.75) is 59.6 Å². The first-order valence-electron chi connectivity index (χ1n) is 11.0. The average Bonchev–Trinajstić information content (AvgIpc) is 2.72. The van der Waals surface area contributed by atoms with Gasteiger partial charge in [-0.05, 0) is 50.8 Å². The molecular formula is C23H33NO10. The third kappa shape index (κ3) is 11.0. The van der Waals surface area contributed by atoms with Gasteiger partial charge in [-0.2, -0.15) is 0 Å². The summed E-state index contributed by atoms with van der Waals surface area (Å²) in [6, 6.07) is 3.22. The number of hydrogen-bond donors (Lipinski definition) is 2. The molecule has 0 amide bonds. The lowest BCUT2D eigenvalue weighted by Gasteiger charge is -2.19. The third-order valence-electron chi connectivity index (χ3n) is 4.22. The zero-order valence-corrected chi connectivity index (χ0v) is 20.1. The van der Waals surface area contributed by atoms with Crippen LogP contribution in [0.3, 0.4) is 0 Å². The van der Waals surface area contributed by atoms with Crippen molar-refractivity contribution in [2.75, 3.05) is 19.8 Å². The lowest BCUT2D eigenvalue weighted by atomic mass is 10.0. The first kappa shape index (κ1) is 28.7. The number of nitrogens with one attached hydrogen (secondary N) is 1. The predicted octanol–water partition coefficient (Wildman–Crippen LogP) is 3.32. The van der Waals surface area contributed by atoms with Crippen molar-refractivity contribution in [3.63, 3.8) is 0 Å². The highest BCUT2D eigenvalue weighted by Gasteiger charge is 2.22. The summed E-state index contributed by atoms with van der Waals surface area (Å²) < 4.78 is 24.9. The fourth-order valence-electron chi connectivity index (χ4n) is 2.76. The molecule has 1 unspecified atom stereocenters. The molecule has 0 spiro atoms. The maximum atomic E-state index is 11.8. The molecule has 190 valence electrons. The van der Waals surface area contributed by atoms with Crippen LogP contribution in [0.4, 0.5) is 9.59 Å². The van der Waals surface area contributed by atoms with Gasteiger partial charge in [-0.25, -0.2) is 9.59 Å². The topological polar surface area (TPSA) is 147 Å². The van der Waals surface area contributed by atoms with Crippen LogP contribution >= 0.6 is 0 Å². The zero-order chi connectivity index (χ0) is 25.7. The minimum atomic E-state index is -1.12. The highest BCUT2D eigenvalue weighted by atomic mass is 16.7. The van der Waals surface area contributed by atoms with Crippen LogP contribution in [0.1, 0.15) is 46.6 Å². The molecular weight excluding hydrogens is 450 g/mol. The SMILES string of the molecule is CCOC(=O)Oc1ccc(C[C@H](NCC(C)OC(=O)CC(C)C)C(=O)O)cc1OC(=O)OCC.